The summed E-state index contributed by atoms with van der Waals surface area (Å²) in [5.74, 6) is -0.701. The van der Waals surface area contributed by atoms with Gasteiger partial charge in [-0.2, -0.15) is 13.2 Å². The zero-order valence-corrected chi connectivity index (χ0v) is 11.1. The van der Waals surface area contributed by atoms with E-state index in [0.29, 0.717) is 6.42 Å². The first-order valence-electron chi connectivity index (χ1n) is 6.74. The molecule has 3 rings (SSSR count). The van der Waals surface area contributed by atoms with Gasteiger partial charge in [-0.3, -0.25) is 4.79 Å². The van der Waals surface area contributed by atoms with Crippen molar-refractivity contribution in [1.29, 1.82) is 0 Å². The molecule has 1 aliphatic carbocycles. The number of rotatable bonds is 3. The van der Waals surface area contributed by atoms with Crippen molar-refractivity contribution in [3.63, 3.8) is 0 Å². The zero-order chi connectivity index (χ0) is 15.0. The number of carbonyl (C=O) groups is 1. The summed E-state index contributed by atoms with van der Waals surface area (Å²) in [6, 6.07) is 14.5. The second kappa shape index (κ2) is 5.02. The third-order valence-electron chi connectivity index (χ3n) is 3.85. The van der Waals surface area contributed by atoms with E-state index in [-0.39, 0.29) is 17.4 Å². The number of Topliss-reactive ketones (excluding diaryl/α,β-unsaturated/α-hetero) is 1. The lowest BCUT2D eigenvalue weighted by atomic mass is 9.98. The van der Waals surface area contributed by atoms with Gasteiger partial charge in [-0.15, -0.1) is 0 Å². The van der Waals surface area contributed by atoms with E-state index in [4.69, 9.17) is 0 Å². The van der Waals surface area contributed by atoms with Gasteiger partial charge in [0.2, 0.25) is 0 Å². The molecule has 0 amide bonds. The number of benzene rings is 2. The van der Waals surface area contributed by atoms with Crippen LogP contribution in [0.25, 0.3) is 0 Å². The molecule has 0 saturated heterocycles. The van der Waals surface area contributed by atoms with E-state index in [2.05, 4.69) is 0 Å². The number of hydrogen-bond donors (Lipinski definition) is 0. The summed E-state index contributed by atoms with van der Waals surface area (Å²) in [7, 11) is 0. The molecule has 1 saturated carbocycles. The molecule has 4 heteroatoms. The second-order valence-corrected chi connectivity index (χ2v) is 5.27. The van der Waals surface area contributed by atoms with Gasteiger partial charge >= 0.3 is 6.18 Å². The highest BCUT2D eigenvalue weighted by atomic mass is 19.4. The van der Waals surface area contributed by atoms with Crippen molar-refractivity contribution in [3.8, 4) is 0 Å². The zero-order valence-electron chi connectivity index (χ0n) is 11.1. The number of halogens is 3. The van der Waals surface area contributed by atoms with Crippen molar-refractivity contribution in [2.45, 2.75) is 18.5 Å². The van der Waals surface area contributed by atoms with Gasteiger partial charge < -0.3 is 0 Å². The van der Waals surface area contributed by atoms with Gasteiger partial charge in [0, 0.05) is 11.5 Å². The molecule has 2 atom stereocenters. The third-order valence-corrected chi connectivity index (χ3v) is 3.85. The highest BCUT2D eigenvalue weighted by molar-refractivity contribution is 6.01. The molecule has 21 heavy (non-hydrogen) atoms. The quantitative estimate of drug-likeness (QED) is 0.749. The fourth-order valence-corrected chi connectivity index (χ4v) is 2.70. The van der Waals surface area contributed by atoms with E-state index in [1.807, 2.05) is 30.3 Å². The Kier molecular flexibility index (Phi) is 3.32. The summed E-state index contributed by atoms with van der Waals surface area (Å²) in [4.78, 5) is 12.4. The summed E-state index contributed by atoms with van der Waals surface area (Å²) in [6.45, 7) is 0. The molecule has 0 spiro atoms. The molecule has 108 valence electrons. The molecule has 1 nitrogen and oxygen atoms in total. The van der Waals surface area contributed by atoms with Crippen molar-refractivity contribution in [1.82, 2.24) is 0 Å². The normalized spacial score (nSPS) is 21.1. The van der Waals surface area contributed by atoms with Gasteiger partial charge in [0.25, 0.3) is 0 Å². The number of ketones is 1. The predicted molar refractivity (Wildman–Crippen MR) is 73.1 cm³/mol. The third kappa shape index (κ3) is 2.71. The number of alkyl halides is 3. The maximum Gasteiger partial charge on any atom is 0.417 e. The number of carbonyl (C=O) groups excluding carboxylic acids is 1. The van der Waals surface area contributed by atoms with Crippen LogP contribution in [0.4, 0.5) is 13.2 Å². The van der Waals surface area contributed by atoms with Crippen molar-refractivity contribution in [3.05, 3.63) is 71.3 Å². The summed E-state index contributed by atoms with van der Waals surface area (Å²) in [5, 5.41) is 0. The maximum atomic E-state index is 13.0. The summed E-state index contributed by atoms with van der Waals surface area (Å²) in [5.41, 5.74) is -0.0394. The van der Waals surface area contributed by atoms with Crippen molar-refractivity contribution in [2.24, 2.45) is 5.92 Å². The predicted octanol–water partition coefficient (Wildman–Crippen LogP) is 4.69. The van der Waals surface area contributed by atoms with E-state index in [0.717, 1.165) is 11.6 Å². The molecule has 0 heterocycles. The Bertz CT molecular complexity index is 661. The highest BCUT2D eigenvalue weighted by Gasteiger charge is 2.46. The minimum atomic E-state index is -4.50. The van der Waals surface area contributed by atoms with Crippen LogP contribution in [0.15, 0.2) is 54.6 Å². The second-order valence-electron chi connectivity index (χ2n) is 5.27. The Morgan fingerprint density at radius 3 is 2.24 bits per heavy atom. The van der Waals surface area contributed by atoms with Crippen LogP contribution >= 0.6 is 0 Å². The Labute approximate surface area is 120 Å². The molecular weight excluding hydrogens is 277 g/mol. The van der Waals surface area contributed by atoms with Crippen LogP contribution in [0.2, 0.25) is 0 Å². The average Bonchev–Trinajstić information content (AvgIpc) is 3.27. The van der Waals surface area contributed by atoms with Gasteiger partial charge in [-0.1, -0.05) is 48.5 Å². The molecule has 1 aliphatic rings. The minimum Gasteiger partial charge on any atom is -0.294 e. The first-order valence-corrected chi connectivity index (χ1v) is 6.74. The Hall–Kier alpha value is -2.10. The molecule has 1 fully saturated rings. The van der Waals surface area contributed by atoms with E-state index in [9.17, 15) is 18.0 Å². The molecule has 0 radical (unpaired) electrons. The van der Waals surface area contributed by atoms with Crippen molar-refractivity contribution >= 4 is 5.78 Å². The monoisotopic (exact) mass is 290 g/mol. The smallest absolute Gasteiger partial charge is 0.294 e. The van der Waals surface area contributed by atoms with E-state index in [1.165, 1.54) is 18.2 Å². The van der Waals surface area contributed by atoms with Gasteiger partial charge in [-0.05, 0) is 24.0 Å². The highest BCUT2D eigenvalue weighted by Crippen LogP contribution is 2.50. The van der Waals surface area contributed by atoms with Crippen molar-refractivity contribution in [2.75, 3.05) is 0 Å². The molecule has 0 aromatic heterocycles. The molecule has 2 unspecified atom stereocenters. The minimum absolute atomic E-state index is 0.0417. The topological polar surface area (TPSA) is 17.1 Å². The van der Waals surface area contributed by atoms with Crippen LogP contribution in [0.3, 0.4) is 0 Å². The average molecular weight is 290 g/mol. The van der Waals surface area contributed by atoms with Gasteiger partial charge in [-0.25, -0.2) is 0 Å². The van der Waals surface area contributed by atoms with E-state index in [1.54, 1.807) is 0 Å². The Balaban J connectivity index is 1.85. The molecule has 0 aliphatic heterocycles. The maximum absolute atomic E-state index is 13.0. The Morgan fingerprint density at radius 2 is 1.57 bits per heavy atom. The molecule has 2 aromatic rings. The summed E-state index contributed by atoms with van der Waals surface area (Å²) >= 11 is 0. The van der Waals surface area contributed by atoms with Gasteiger partial charge in [0.05, 0.1) is 5.56 Å². The first kappa shape index (κ1) is 13.9. The van der Waals surface area contributed by atoms with Crippen LogP contribution in [0.5, 0.6) is 0 Å². The van der Waals surface area contributed by atoms with Gasteiger partial charge in [0.15, 0.2) is 5.78 Å². The lowest BCUT2D eigenvalue weighted by molar-refractivity contribution is -0.137. The largest absolute Gasteiger partial charge is 0.417 e. The summed E-state index contributed by atoms with van der Waals surface area (Å²) < 4.78 is 38.9. The van der Waals surface area contributed by atoms with Crippen LogP contribution in [-0.4, -0.2) is 5.78 Å². The standard InChI is InChI=1S/C17H13F3O/c18-17(19,20)15-9-5-4-8-12(15)16(21)14-10-13(14)11-6-2-1-3-7-11/h1-9,13-14H,10H2. The van der Waals surface area contributed by atoms with Crippen LogP contribution in [0.1, 0.15) is 33.8 Å². The Morgan fingerprint density at radius 1 is 0.952 bits per heavy atom. The first-order chi connectivity index (χ1) is 9.98. The van der Waals surface area contributed by atoms with Gasteiger partial charge in [0.1, 0.15) is 0 Å². The molecule has 0 bridgehead atoms. The lowest BCUT2D eigenvalue weighted by Gasteiger charge is -2.11. The van der Waals surface area contributed by atoms with E-state index < -0.39 is 17.5 Å². The van der Waals surface area contributed by atoms with Crippen LogP contribution in [0, 0.1) is 5.92 Å². The molecule has 2 aromatic carbocycles. The molecule has 0 N–H and O–H groups in total. The molecular formula is C17H13F3O. The van der Waals surface area contributed by atoms with E-state index >= 15 is 0 Å². The SMILES string of the molecule is O=C(c1ccccc1C(F)(F)F)C1CC1c1ccccc1. The van der Waals surface area contributed by atoms with Crippen LogP contribution < -0.4 is 0 Å². The number of hydrogen-bond acceptors (Lipinski definition) is 1. The fraction of sp³-hybridized carbons (Fsp3) is 0.235. The van der Waals surface area contributed by atoms with Crippen molar-refractivity contribution < 1.29 is 18.0 Å². The lowest BCUT2D eigenvalue weighted by Crippen LogP contribution is -2.14. The summed E-state index contributed by atoms with van der Waals surface area (Å²) in [6.07, 6.45) is -3.88. The van der Waals surface area contributed by atoms with Crippen LogP contribution in [-0.2, 0) is 6.18 Å². The fourth-order valence-electron chi connectivity index (χ4n) is 2.70.